The number of nitriles is 1. The third kappa shape index (κ3) is 5.65. The maximum atomic E-state index is 13.9. The van der Waals surface area contributed by atoms with Crippen molar-refractivity contribution in [3.05, 3.63) is 78.5 Å². The predicted molar refractivity (Wildman–Crippen MR) is 147 cm³/mol. The van der Waals surface area contributed by atoms with Gasteiger partial charge in [0.2, 0.25) is 6.79 Å². The minimum atomic E-state index is -0.907. The molecule has 2 aliphatic heterocycles. The number of hydrogen-bond donors (Lipinski definition) is 0. The van der Waals surface area contributed by atoms with Crippen molar-refractivity contribution in [3.63, 3.8) is 0 Å². The number of nitrogens with zero attached hydrogens (tertiary/aromatic N) is 3. The minimum Gasteiger partial charge on any atom is -0.461 e. The van der Waals surface area contributed by atoms with Crippen LogP contribution < -0.4 is 33.8 Å². The summed E-state index contributed by atoms with van der Waals surface area (Å²) in [5, 5.41) is 8.87. The smallest absolute Gasteiger partial charge is 0.338 e. The van der Waals surface area contributed by atoms with Crippen molar-refractivity contribution < 1.29 is 38.1 Å². The molecule has 1 atom stereocenters. The highest BCUT2D eigenvalue weighted by molar-refractivity contribution is 7.07. The number of benzene rings is 2. The number of thiazole rings is 1. The lowest BCUT2D eigenvalue weighted by molar-refractivity contribution is -0.139. The maximum Gasteiger partial charge on any atom is 0.338 e. The largest absolute Gasteiger partial charge is 0.461 e. The van der Waals surface area contributed by atoms with Crippen molar-refractivity contribution >= 4 is 35.3 Å². The molecule has 0 fully saturated rings. The monoisotopic (exact) mass is 589 g/mol. The van der Waals surface area contributed by atoms with Crippen molar-refractivity contribution in [2.45, 2.75) is 33.2 Å². The molecule has 0 saturated carbocycles. The second-order valence-corrected chi connectivity index (χ2v) is 10.1. The van der Waals surface area contributed by atoms with E-state index < -0.39 is 29.5 Å². The number of carbonyl (C=O) groups is 3. The maximum absolute atomic E-state index is 13.9. The fourth-order valence-electron chi connectivity index (χ4n) is 4.49. The van der Waals surface area contributed by atoms with Crippen molar-refractivity contribution in [3.8, 4) is 29.1 Å². The molecule has 2 aromatic carbocycles. The van der Waals surface area contributed by atoms with Gasteiger partial charge in [0.25, 0.3) is 5.56 Å². The first-order chi connectivity index (χ1) is 20.2. The third-order valence-electron chi connectivity index (χ3n) is 6.17. The van der Waals surface area contributed by atoms with E-state index in [-0.39, 0.29) is 41.4 Å². The summed E-state index contributed by atoms with van der Waals surface area (Å²) < 4.78 is 28.3. The standard InChI is InChI=1S/C29H23N3O9S/c1-15-25(28(36)37-10-4-9-30)26(19-6-8-20-22(13-19)39-14-38-20)32-27(35)24(42-29(32)31-15)12-18-5-7-21(40-16(2)33)23(11-18)41-17(3)34/h5-8,11-13,26H,4,10,14H2,1-3H3/b24-12-. The van der Waals surface area contributed by atoms with Crippen LogP contribution in [0.3, 0.4) is 0 Å². The lowest BCUT2D eigenvalue weighted by Gasteiger charge is -2.24. The summed E-state index contributed by atoms with van der Waals surface area (Å²) in [6, 6.07) is 10.7. The number of allylic oxidation sites excluding steroid dienone is 1. The van der Waals surface area contributed by atoms with Gasteiger partial charge in [0, 0.05) is 13.8 Å². The molecule has 3 heterocycles. The van der Waals surface area contributed by atoms with Crippen molar-refractivity contribution in [1.29, 1.82) is 5.26 Å². The summed E-state index contributed by atoms with van der Waals surface area (Å²) in [5.74, 6) is -0.850. The first kappa shape index (κ1) is 28.3. The van der Waals surface area contributed by atoms with Gasteiger partial charge < -0.3 is 23.7 Å². The highest BCUT2D eigenvalue weighted by atomic mass is 32.1. The van der Waals surface area contributed by atoms with Crippen LogP contribution in [0, 0.1) is 11.3 Å². The first-order valence-electron chi connectivity index (χ1n) is 12.6. The van der Waals surface area contributed by atoms with Crippen LogP contribution in [0.4, 0.5) is 0 Å². The van der Waals surface area contributed by atoms with Crippen LogP contribution in [0.5, 0.6) is 23.0 Å². The summed E-state index contributed by atoms with van der Waals surface area (Å²) in [5.41, 5.74) is 1.12. The zero-order valence-corrected chi connectivity index (χ0v) is 23.5. The van der Waals surface area contributed by atoms with Gasteiger partial charge in [-0.05, 0) is 48.4 Å². The summed E-state index contributed by atoms with van der Waals surface area (Å²) in [7, 11) is 0. The van der Waals surface area contributed by atoms with Crippen LogP contribution in [0.25, 0.3) is 6.08 Å². The highest BCUT2D eigenvalue weighted by Gasteiger charge is 2.34. The molecule has 42 heavy (non-hydrogen) atoms. The van der Waals surface area contributed by atoms with E-state index in [1.165, 1.54) is 30.5 Å². The Kier molecular flexibility index (Phi) is 7.90. The zero-order chi connectivity index (χ0) is 30.0. The average molecular weight is 590 g/mol. The second-order valence-electron chi connectivity index (χ2n) is 9.13. The van der Waals surface area contributed by atoms with Crippen molar-refractivity contribution in [2.75, 3.05) is 13.4 Å². The van der Waals surface area contributed by atoms with Gasteiger partial charge in [-0.1, -0.05) is 23.5 Å². The summed E-state index contributed by atoms with van der Waals surface area (Å²) in [4.78, 5) is 55.2. The van der Waals surface area contributed by atoms with E-state index in [1.54, 1.807) is 37.3 Å². The average Bonchev–Trinajstić information content (AvgIpc) is 3.52. The van der Waals surface area contributed by atoms with E-state index >= 15 is 0 Å². The summed E-state index contributed by atoms with van der Waals surface area (Å²) in [6.07, 6.45) is 1.59. The number of esters is 3. The van der Waals surface area contributed by atoms with E-state index in [1.807, 2.05) is 6.07 Å². The summed E-state index contributed by atoms with van der Waals surface area (Å²) >= 11 is 1.10. The Morgan fingerprint density at radius 3 is 2.57 bits per heavy atom. The van der Waals surface area contributed by atoms with Crippen molar-refractivity contribution in [1.82, 2.24) is 4.57 Å². The molecular formula is C29H23N3O9S. The van der Waals surface area contributed by atoms with E-state index in [0.29, 0.717) is 33.1 Å². The molecule has 12 nitrogen and oxygen atoms in total. The summed E-state index contributed by atoms with van der Waals surface area (Å²) in [6.45, 7) is 4.02. The third-order valence-corrected chi connectivity index (χ3v) is 7.16. The Bertz CT molecular complexity index is 1880. The molecule has 0 radical (unpaired) electrons. The SMILES string of the molecule is CC(=O)Oc1ccc(/C=c2\sc3n(c2=O)C(c2ccc4c(c2)OCO4)C(C(=O)OCCC#N)=C(C)N=3)cc1OC(C)=O. The Morgan fingerprint density at radius 2 is 1.83 bits per heavy atom. The van der Waals surface area contributed by atoms with Gasteiger partial charge in [-0.3, -0.25) is 19.0 Å². The van der Waals surface area contributed by atoms with Gasteiger partial charge in [0.15, 0.2) is 27.8 Å². The van der Waals surface area contributed by atoms with Gasteiger partial charge >= 0.3 is 17.9 Å². The van der Waals surface area contributed by atoms with E-state index in [2.05, 4.69) is 4.99 Å². The number of fused-ring (bicyclic) bond motifs is 2. The Morgan fingerprint density at radius 1 is 1.10 bits per heavy atom. The first-order valence-corrected chi connectivity index (χ1v) is 13.4. The Balaban J connectivity index is 1.64. The van der Waals surface area contributed by atoms with Gasteiger partial charge in [-0.15, -0.1) is 0 Å². The molecule has 1 unspecified atom stereocenters. The molecular weight excluding hydrogens is 566 g/mol. The molecule has 3 aromatic rings. The number of hydrogen-bond acceptors (Lipinski definition) is 12. The predicted octanol–water partition coefficient (Wildman–Crippen LogP) is 2.27. The zero-order valence-electron chi connectivity index (χ0n) is 22.7. The quantitative estimate of drug-likeness (QED) is 0.228. The van der Waals surface area contributed by atoms with Gasteiger partial charge in [-0.2, -0.15) is 5.26 Å². The fourth-order valence-corrected chi connectivity index (χ4v) is 5.53. The fraction of sp³-hybridized carbons (Fsp3) is 0.241. The van der Waals surface area contributed by atoms with Crippen LogP contribution >= 0.6 is 11.3 Å². The number of aromatic nitrogens is 1. The molecule has 214 valence electrons. The van der Waals surface area contributed by atoms with E-state index in [0.717, 1.165) is 11.3 Å². The molecule has 0 spiro atoms. The highest BCUT2D eigenvalue weighted by Crippen LogP contribution is 2.38. The van der Waals surface area contributed by atoms with Gasteiger partial charge in [0.1, 0.15) is 6.61 Å². The molecule has 1 aromatic heterocycles. The van der Waals surface area contributed by atoms with Crippen LogP contribution in [-0.4, -0.2) is 35.9 Å². The van der Waals surface area contributed by atoms with Crippen LogP contribution in [0.15, 0.2) is 57.5 Å². The van der Waals surface area contributed by atoms with Gasteiger partial charge in [-0.25, -0.2) is 9.79 Å². The molecule has 0 N–H and O–H groups in total. The minimum absolute atomic E-state index is 0.00991. The molecule has 0 saturated heterocycles. The lowest BCUT2D eigenvalue weighted by Crippen LogP contribution is -2.40. The van der Waals surface area contributed by atoms with Crippen molar-refractivity contribution in [2.24, 2.45) is 4.99 Å². The van der Waals surface area contributed by atoms with Gasteiger partial charge in [0.05, 0.1) is 34.3 Å². The normalized spacial score (nSPS) is 15.4. The molecule has 0 bridgehead atoms. The molecule has 2 aliphatic rings. The van der Waals surface area contributed by atoms with E-state index in [4.69, 9.17) is 28.9 Å². The molecule has 0 aliphatic carbocycles. The molecule has 0 amide bonds. The lowest BCUT2D eigenvalue weighted by atomic mass is 9.95. The molecule has 5 rings (SSSR count). The number of rotatable bonds is 7. The topological polar surface area (TPSA) is 156 Å². The molecule has 13 heteroatoms. The van der Waals surface area contributed by atoms with E-state index in [9.17, 15) is 19.2 Å². The van der Waals surface area contributed by atoms with Crippen LogP contribution in [0.2, 0.25) is 0 Å². The van der Waals surface area contributed by atoms with Crippen LogP contribution in [-0.2, 0) is 19.1 Å². The number of carbonyl (C=O) groups excluding carboxylic acids is 3. The van der Waals surface area contributed by atoms with Crippen LogP contribution in [0.1, 0.15) is 44.4 Å². The Labute approximate surface area is 242 Å². The second kappa shape index (κ2) is 11.7. The Hall–Kier alpha value is -5.22. The number of ether oxygens (including phenoxy) is 5.